The number of benzene rings is 3. The Morgan fingerprint density at radius 2 is 1.35 bits per heavy atom. The van der Waals surface area contributed by atoms with E-state index in [0.717, 1.165) is 11.3 Å². The zero-order valence-electron chi connectivity index (χ0n) is 18.5. The summed E-state index contributed by atoms with van der Waals surface area (Å²) in [5, 5.41) is 0.999. The minimum Gasteiger partial charge on any atom is -0.368 e. The number of nitrogens with zero attached hydrogens (tertiary/aromatic N) is 3. The second kappa shape index (κ2) is 10.8. The van der Waals surface area contributed by atoms with Gasteiger partial charge < -0.3 is 9.80 Å². The fourth-order valence-corrected chi connectivity index (χ4v) is 5.51. The Balaban J connectivity index is 1.50. The number of sulfonamides is 1. The van der Waals surface area contributed by atoms with Gasteiger partial charge in [-0.2, -0.15) is 4.31 Å². The van der Waals surface area contributed by atoms with Crippen LogP contribution in [0, 0.1) is 0 Å². The smallest absolute Gasteiger partial charge is 0.243 e. The number of halogens is 2. The standard InChI is InChI=1S/C25H25Cl2N3O3S/c26-21-8-6-20(7-9-21)18-30(34(32,33)24-12-10-22(27)11-13-24)19-25(31)29-16-14-28(15-17-29)23-4-2-1-3-5-23/h1-13H,14-19H2. The molecule has 1 heterocycles. The number of rotatable bonds is 7. The van der Waals surface area contributed by atoms with Gasteiger partial charge in [0.05, 0.1) is 11.4 Å². The summed E-state index contributed by atoms with van der Waals surface area (Å²) >= 11 is 11.9. The predicted molar refractivity (Wildman–Crippen MR) is 136 cm³/mol. The summed E-state index contributed by atoms with van der Waals surface area (Å²) in [6.07, 6.45) is 0. The van der Waals surface area contributed by atoms with Gasteiger partial charge in [0.1, 0.15) is 0 Å². The average Bonchev–Trinajstić information content (AvgIpc) is 2.86. The largest absolute Gasteiger partial charge is 0.368 e. The number of carbonyl (C=O) groups excluding carboxylic acids is 1. The van der Waals surface area contributed by atoms with Crippen LogP contribution in [-0.4, -0.2) is 56.3 Å². The molecule has 0 spiro atoms. The summed E-state index contributed by atoms with van der Waals surface area (Å²) in [5.74, 6) is -0.223. The first-order valence-corrected chi connectivity index (χ1v) is 13.1. The molecule has 34 heavy (non-hydrogen) atoms. The Hall–Kier alpha value is -2.58. The molecule has 0 saturated carbocycles. The van der Waals surface area contributed by atoms with Gasteiger partial charge in [-0.3, -0.25) is 4.79 Å². The van der Waals surface area contributed by atoms with Gasteiger partial charge in [-0.1, -0.05) is 53.5 Å². The first kappa shape index (κ1) is 24.5. The molecule has 0 unspecified atom stereocenters. The maximum absolute atomic E-state index is 13.4. The van der Waals surface area contributed by atoms with Crippen molar-refractivity contribution in [2.24, 2.45) is 0 Å². The van der Waals surface area contributed by atoms with E-state index < -0.39 is 10.0 Å². The van der Waals surface area contributed by atoms with Crippen LogP contribution in [0.2, 0.25) is 10.0 Å². The lowest BCUT2D eigenvalue weighted by Gasteiger charge is -2.37. The molecule has 1 fully saturated rings. The van der Waals surface area contributed by atoms with Gasteiger partial charge in [-0.25, -0.2) is 8.42 Å². The molecular formula is C25H25Cl2N3O3S. The Kier molecular flexibility index (Phi) is 7.78. The topological polar surface area (TPSA) is 60.9 Å². The summed E-state index contributed by atoms with van der Waals surface area (Å²) in [5.41, 5.74) is 1.85. The highest BCUT2D eigenvalue weighted by Gasteiger charge is 2.30. The lowest BCUT2D eigenvalue weighted by molar-refractivity contribution is -0.131. The second-order valence-electron chi connectivity index (χ2n) is 8.06. The van der Waals surface area contributed by atoms with Crippen LogP contribution in [0.5, 0.6) is 0 Å². The van der Waals surface area contributed by atoms with E-state index in [1.165, 1.54) is 28.6 Å². The van der Waals surface area contributed by atoms with Crippen LogP contribution in [0.15, 0.2) is 83.8 Å². The first-order chi connectivity index (χ1) is 16.3. The molecule has 0 aromatic heterocycles. The van der Waals surface area contributed by atoms with Gasteiger partial charge in [0.25, 0.3) is 0 Å². The van der Waals surface area contributed by atoms with Crippen LogP contribution in [0.4, 0.5) is 5.69 Å². The molecule has 4 rings (SSSR count). The first-order valence-electron chi connectivity index (χ1n) is 10.9. The van der Waals surface area contributed by atoms with E-state index in [1.54, 1.807) is 29.2 Å². The van der Waals surface area contributed by atoms with Gasteiger partial charge >= 0.3 is 0 Å². The molecule has 0 atom stereocenters. The maximum Gasteiger partial charge on any atom is 0.243 e. The summed E-state index contributed by atoms with van der Waals surface area (Å²) in [6.45, 7) is 2.25. The van der Waals surface area contributed by atoms with Crippen molar-refractivity contribution >= 4 is 44.8 Å². The van der Waals surface area contributed by atoms with Crippen molar-refractivity contribution in [3.63, 3.8) is 0 Å². The van der Waals surface area contributed by atoms with Crippen molar-refractivity contribution in [3.05, 3.63) is 94.5 Å². The molecule has 0 aliphatic carbocycles. The van der Waals surface area contributed by atoms with E-state index in [9.17, 15) is 13.2 Å². The fraction of sp³-hybridized carbons (Fsp3) is 0.240. The molecule has 0 bridgehead atoms. The van der Waals surface area contributed by atoms with Crippen molar-refractivity contribution in [2.75, 3.05) is 37.6 Å². The summed E-state index contributed by atoms with van der Waals surface area (Å²) in [4.78, 5) is 17.2. The van der Waals surface area contributed by atoms with Gasteiger partial charge in [-0.05, 0) is 54.1 Å². The van der Waals surface area contributed by atoms with Crippen LogP contribution in [0.25, 0.3) is 0 Å². The minimum atomic E-state index is -3.93. The number of hydrogen-bond donors (Lipinski definition) is 0. The fourth-order valence-electron chi connectivity index (χ4n) is 3.88. The lowest BCUT2D eigenvalue weighted by Crippen LogP contribution is -2.51. The van der Waals surface area contributed by atoms with Crippen LogP contribution >= 0.6 is 23.2 Å². The Bertz CT molecular complexity index is 1210. The normalized spacial score (nSPS) is 14.4. The van der Waals surface area contributed by atoms with Crippen LogP contribution < -0.4 is 4.90 Å². The quantitative estimate of drug-likeness (QED) is 0.461. The number of carbonyl (C=O) groups is 1. The van der Waals surface area contributed by atoms with E-state index in [-0.39, 0.29) is 23.9 Å². The maximum atomic E-state index is 13.4. The number of piperazine rings is 1. The van der Waals surface area contributed by atoms with Gasteiger partial charge in [0.2, 0.25) is 15.9 Å². The number of amides is 1. The van der Waals surface area contributed by atoms with E-state index in [2.05, 4.69) is 4.90 Å². The molecule has 1 saturated heterocycles. The molecule has 9 heteroatoms. The Morgan fingerprint density at radius 3 is 1.94 bits per heavy atom. The molecule has 178 valence electrons. The molecule has 0 N–H and O–H groups in total. The number of para-hydroxylation sites is 1. The molecular weight excluding hydrogens is 493 g/mol. The van der Waals surface area contributed by atoms with Crippen LogP contribution in [0.3, 0.4) is 0 Å². The highest BCUT2D eigenvalue weighted by Crippen LogP contribution is 2.22. The molecule has 3 aromatic rings. The van der Waals surface area contributed by atoms with E-state index in [0.29, 0.717) is 36.2 Å². The number of anilines is 1. The summed E-state index contributed by atoms with van der Waals surface area (Å²) < 4.78 is 28.1. The van der Waals surface area contributed by atoms with E-state index in [4.69, 9.17) is 23.2 Å². The van der Waals surface area contributed by atoms with E-state index in [1.807, 2.05) is 30.3 Å². The Labute approximate surface area is 210 Å². The predicted octanol–water partition coefficient (Wildman–Crippen LogP) is 4.53. The lowest BCUT2D eigenvalue weighted by atomic mass is 10.2. The highest BCUT2D eigenvalue weighted by atomic mass is 35.5. The molecule has 1 amide bonds. The zero-order valence-corrected chi connectivity index (χ0v) is 20.8. The van der Waals surface area contributed by atoms with E-state index >= 15 is 0 Å². The molecule has 1 aliphatic rings. The summed E-state index contributed by atoms with van der Waals surface area (Å²) in [6, 6.07) is 22.9. The molecule has 1 aliphatic heterocycles. The minimum absolute atomic E-state index is 0.0534. The molecule has 3 aromatic carbocycles. The van der Waals surface area contributed by atoms with Gasteiger partial charge in [0.15, 0.2) is 0 Å². The molecule has 0 radical (unpaired) electrons. The second-order valence-corrected chi connectivity index (χ2v) is 10.9. The van der Waals surface area contributed by atoms with Crippen molar-refractivity contribution in [3.8, 4) is 0 Å². The third-order valence-electron chi connectivity index (χ3n) is 5.79. The van der Waals surface area contributed by atoms with Crippen molar-refractivity contribution in [2.45, 2.75) is 11.4 Å². The monoisotopic (exact) mass is 517 g/mol. The third-order valence-corrected chi connectivity index (χ3v) is 8.10. The Morgan fingerprint density at radius 1 is 0.794 bits per heavy atom. The number of hydrogen-bond acceptors (Lipinski definition) is 4. The van der Waals surface area contributed by atoms with Crippen LogP contribution in [-0.2, 0) is 21.4 Å². The van der Waals surface area contributed by atoms with Crippen molar-refractivity contribution < 1.29 is 13.2 Å². The van der Waals surface area contributed by atoms with Gasteiger partial charge in [0, 0.05) is 48.5 Å². The molecule has 6 nitrogen and oxygen atoms in total. The zero-order chi connectivity index (χ0) is 24.1. The summed E-state index contributed by atoms with van der Waals surface area (Å²) in [7, 11) is -3.93. The van der Waals surface area contributed by atoms with Gasteiger partial charge in [-0.15, -0.1) is 0 Å². The average molecular weight is 518 g/mol. The highest BCUT2D eigenvalue weighted by molar-refractivity contribution is 7.89. The van der Waals surface area contributed by atoms with Crippen LogP contribution in [0.1, 0.15) is 5.56 Å². The van der Waals surface area contributed by atoms with Crippen molar-refractivity contribution in [1.29, 1.82) is 0 Å². The third kappa shape index (κ3) is 5.91. The van der Waals surface area contributed by atoms with Crippen molar-refractivity contribution in [1.82, 2.24) is 9.21 Å². The SMILES string of the molecule is O=C(CN(Cc1ccc(Cl)cc1)S(=O)(=O)c1ccc(Cl)cc1)N1CCN(c2ccccc2)CC1.